The Morgan fingerprint density at radius 2 is 1.74 bits per heavy atom. The minimum atomic E-state index is -0.0443. The molecule has 2 aliphatic heterocycles. The number of hydrogen-bond donors (Lipinski definition) is 1. The highest BCUT2D eigenvalue weighted by Gasteiger charge is 2.59. The van der Waals surface area contributed by atoms with E-state index in [1.807, 2.05) is 0 Å². The maximum absolute atomic E-state index is 12.8. The molecule has 1 spiro atoms. The van der Waals surface area contributed by atoms with Gasteiger partial charge in [0.1, 0.15) is 0 Å². The Labute approximate surface area is 161 Å². The summed E-state index contributed by atoms with van der Waals surface area (Å²) in [5, 5.41) is 3.09. The van der Waals surface area contributed by atoms with Crippen molar-refractivity contribution in [3.63, 3.8) is 0 Å². The van der Waals surface area contributed by atoms with Crippen LogP contribution in [-0.2, 0) is 15.0 Å². The second-order valence-corrected chi connectivity index (χ2v) is 10.4. The van der Waals surface area contributed by atoms with Crippen molar-refractivity contribution in [3.8, 4) is 0 Å². The molecule has 4 fully saturated rings. The van der Waals surface area contributed by atoms with Gasteiger partial charge in [-0.1, -0.05) is 45.0 Å². The topological polar surface area (TPSA) is 49.4 Å². The molecular formula is C23H30N2O2. The monoisotopic (exact) mass is 366 g/mol. The summed E-state index contributed by atoms with van der Waals surface area (Å²) in [6, 6.07) is 9.15. The largest absolute Gasteiger partial charge is 0.351 e. The van der Waals surface area contributed by atoms with Crippen LogP contribution in [-0.4, -0.2) is 35.3 Å². The SMILES string of the molecule is CC(C)(C)c1ccc([C@@H]2[C@@H]3CN(C(=O)C4CC5(CCC(=O)N5)C4)C[C@@H]32)cc1. The molecule has 1 aromatic carbocycles. The molecule has 2 saturated heterocycles. The Bertz CT molecular complexity index is 774. The smallest absolute Gasteiger partial charge is 0.225 e. The number of benzene rings is 1. The lowest BCUT2D eigenvalue weighted by atomic mass is 9.67. The molecule has 2 saturated carbocycles. The molecule has 0 bridgehead atoms. The van der Waals surface area contributed by atoms with E-state index in [2.05, 4.69) is 55.3 Å². The highest BCUT2D eigenvalue weighted by Crippen LogP contribution is 2.59. The Balaban J connectivity index is 1.16. The van der Waals surface area contributed by atoms with E-state index in [9.17, 15) is 9.59 Å². The van der Waals surface area contributed by atoms with Crippen LogP contribution in [0.3, 0.4) is 0 Å². The van der Waals surface area contributed by atoms with Crippen molar-refractivity contribution < 1.29 is 9.59 Å². The van der Waals surface area contributed by atoms with Gasteiger partial charge in [0.05, 0.1) is 0 Å². The van der Waals surface area contributed by atoms with E-state index in [1.54, 1.807) is 0 Å². The lowest BCUT2D eigenvalue weighted by molar-refractivity contribution is -0.141. The number of carbonyl (C=O) groups is 2. The van der Waals surface area contributed by atoms with Crippen LogP contribution in [0, 0.1) is 17.8 Å². The standard InChI is InChI=1S/C23H30N2O2/c1-22(2,3)16-6-4-14(5-7-16)20-17-12-25(13-18(17)20)21(27)15-10-23(11-15)9-8-19(26)24-23/h4-7,15,17-18,20H,8-13H2,1-3H3,(H,24,26)/t15?,17-,18+,20-,23?. The van der Waals surface area contributed by atoms with E-state index in [0.29, 0.717) is 30.1 Å². The summed E-state index contributed by atoms with van der Waals surface area (Å²) in [6.07, 6.45) is 3.24. The molecule has 4 nitrogen and oxygen atoms in total. The van der Waals surface area contributed by atoms with Gasteiger partial charge < -0.3 is 10.2 Å². The second kappa shape index (κ2) is 5.59. The summed E-state index contributed by atoms with van der Waals surface area (Å²) >= 11 is 0. The first kappa shape index (κ1) is 17.3. The normalized spacial score (nSPS) is 37.1. The van der Waals surface area contributed by atoms with Gasteiger partial charge in [0.2, 0.25) is 11.8 Å². The average Bonchev–Trinajstić information content (AvgIpc) is 2.93. The molecule has 5 rings (SSSR count). The molecule has 0 radical (unpaired) electrons. The first-order chi connectivity index (χ1) is 12.8. The molecule has 0 aromatic heterocycles. The minimum Gasteiger partial charge on any atom is -0.351 e. The number of piperidine rings is 1. The van der Waals surface area contributed by atoms with Gasteiger partial charge in [0, 0.05) is 31.0 Å². The van der Waals surface area contributed by atoms with E-state index in [1.165, 1.54) is 11.1 Å². The zero-order valence-corrected chi connectivity index (χ0v) is 16.6. The molecule has 4 aliphatic rings. The van der Waals surface area contributed by atoms with Crippen molar-refractivity contribution in [3.05, 3.63) is 35.4 Å². The second-order valence-electron chi connectivity index (χ2n) is 10.4. The van der Waals surface area contributed by atoms with Gasteiger partial charge in [-0.25, -0.2) is 0 Å². The third-order valence-electron chi connectivity index (χ3n) is 7.53. The number of carbonyl (C=O) groups excluding carboxylic acids is 2. The van der Waals surface area contributed by atoms with Crippen molar-refractivity contribution in [1.29, 1.82) is 0 Å². The molecule has 3 atom stereocenters. The molecular weight excluding hydrogens is 336 g/mol. The van der Waals surface area contributed by atoms with Crippen LogP contribution in [0.5, 0.6) is 0 Å². The van der Waals surface area contributed by atoms with Crippen LogP contribution in [0.2, 0.25) is 0 Å². The highest BCUT2D eigenvalue weighted by molar-refractivity contribution is 5.84. The number of fused-ring (bicyclic) bond motifs is 1. The number of amides is 2. The summed E-state index contributed by atoms with van der Waals surface area (Å²) in [5.74, 6) is 2.55. The lowest BCUT2D eigenvalue weighted by Crippen LogP contribution is -2.56. The number of rotatable bonds is 2. The summed E-state index contributed by atoms with van der Waals surface area (Å²) in [4.78, 5) is 26.4. The quantitative estimate of drug-likeness (QED) is 0.874. The predicted molar refractivity (Wildman–Crippen MR) is 104 cm³/mol. The van der Waals surface area contributed by atoms with E-state index in [4.69, 9.17) is 0 Å². The molecule has 2 amide bonds. The van der Waals surface area contributed by atoms with Crippen LogP contribution < -0.4 is 5.32 Å². The van der Waals surface area contributed by atoms with Gasteiger partial charge in [-0.2, -0.15) is 0 Å². The average molecular weight is 367 g/mol. The Morgan fingerprint density at radius 1 is 1.11 bits per heavy atom. The van der Waals surface area contributed by atoms with Gasteiger partial charge in [-0.15, -0.1) is 0 Å². The molecule has 4 heteroatoms. The highest BCUT2D eigenvalue weighted by atomic mass is 16.2. The van der Waals surface area contributed by atoms with Gasteiger partial charge in [-0.05, 0) is 53.6 Å². The number of nitrogens with one attached hydrogen (secondary N) is 1. The molecule has 27 heavy (non-hydrogen) atoms. The molecule has 144 valence electrons. The Kier molecular flexibility index (Phi) is 3.57. The fourth-order valence-corrected chi connectivity index (χ4v) is 5.80. The maximum atomic E-state index is 12.8. The zero-order valence-electron chi connectivity index (χ0n) is 16.6. The van der Waals surface area contributed by atoms with Crippen LogP contribution in [0.1, 0.15) is 63.5 Å². The first-order valence-electron chi connectivity index (χ1n) is 10.5. The summed E-state index contributed by atoms with van der Waals surface area (Å²) in [5.41, 5.74) is 2.98. The molecule has 0 unspecified atom stereocenters. The van der Waals surface area contributed by atoms with Gasteiger partial charge >= 0.3 is 0 Å². The number of nitrogens with zero attached hydrogens (tertiary/aromatic N) is 1. The van der Waals surface area contributed by atoms with Gasteiger partial charge in [-0.3, -0.25) is 9.59 Å². The van der Waals surface area contributed by atoms with E-state index < -0.39 is 0 Å². The molecule has 1 N–H and O–H groups in total. The van der Waals surface area contributed by atoms with Crippen LogP contribution in [0.4, 0.5) is 0 Å². The summed E-state index contributed by atoms with van der Waals surface area (Å²) < 4.78 is 0. The van der Waals surface area contributed by atoms with Crippen LogP contribution >= 0.6 is 0 Å². The fourth-order valence-electron chi connectivity index (χ4n) is 5.80. The Morgan fingerprint density at radius 3 is 2.26 bits per heavy atom. The predicted octanol–water partition coefficient (Wildman–Crippen LogP) is 3.21. The van der Waals surface area contributed by atoms with Crippen molar-refractivity contribution in [2.45, 2.75) is 63.3 Å². The fraction of sp³-hybridized carbons (Fsp3) is 0.652. The third kappa shape index (κ3) is 2.79. The van der Waals surface area contributed by atoms with Crippen molar-refractivity contribution in [1.82, 2.24) is 10.2 Å². The lowest BCUT2D eigenvalue weighted by Gasteiger charge is -2.45. The van der Waals surface area contributed by atoms with E-state index in [0.717, 1.165) is 32.4 Å². The van der Waals surface area contributed by atoms with Crippen molar-refractivity contribution in [2.24, 2.45) is 17.8 Å². The first-order valence-corrected chi connectivity index (χ1v) is 10.5. The summed E-state index contributed by atoms with van der Waals surface area (Å²) in [7, 11) is 0. The van der Waals surface area contributed by atoms with E-state index >= 15 is 0 Å². The molecule has 2 heterocycles. The van der Waals surface area contributed by atoms with Gasteiger partial charge in [0.25, 0.3) is 0 Å². The van der Waals surface area contributed by atoms with Crippen LogP contribution in [0.25, 0.3) is 0 Å². The summed E-state index contributed by atoms with van der Waals surface area (Å²) in [6.45, 7) is 8.59. The minimum absolute atomic E-state index is 0.0443. The van der Waals surface area contributed by atoms with Gasteiger partial charge in [0.15, 0.2) is 0 Å². The van der Waals surface area contributed by atoms with Crippen molar-refractivity contribution in [2.75, 3.05) is 13.1 Å². The molecule has 2 aliphatic carbocycles. The molecule has 1 aromatic rings. The van der Waals surface area contributed by atoms with Crippen molar-refractivity contribution >= 4 is 11.8 Å². The number of hydrogen-bond acceptors (Lipinski definition) is 2. The maximum Gasteiger partial charge on any atom is 0.225 e. The Hall–Kier alpha value is -1.84. The van der Waals surface area contributed by atoms with E-state index in [-0.39, 0.29) is 22.8 Å². The zero-order chi connectivity index (χ0) is 19.0. The third-order valence-corrected chi connectivity index (χ3v) is 7.53. The van der Waals surface area contributed by atoms with Crippen LogP contribution in [0.15, 0.2) is 24.3 Å². The number of likely N-dealkylation sites (tertiary alicyclic amines) is 1.